The molecule has 0 spiro atoms. The van der Waals surface area contributed by atoms with Gasteiger partial charge in [-0.25, -0.2) is 0 Å². The Balaban J connectivity index is 1.37. The first-order chi connectivity index (χ1) is 13.7. The molecule has 2 aromatic heterocycles. The van der Waals surface area contributed by atoms with Gasteiger partial charge in [0.2, 0.25) is 5.91 Å². The molecule has 1 atom stereocenters. The number of hydrogen-bond acceptors (Lipinski definition) is 5. The maximum Gasteiger partial charge on any atom is 0.225 e. The van der Waals surface area contributed by atoms with Crippen LogP contribution in [0.2, 0.25) is 5.02 Å². The summed E-state index contributed by atoms with van der Waals surface area (Å²) in [7, 11) is 0. The Morgan fingerprint density at radius 1 is 1.18 bits per heavy atom. The molecule has 1 aliphatic rings. The third-order valence-corrected chi connectivity index (χ3v) is 6.21. The molecule has 144 valence electrons. The van der Waals surface area contributed by atoms with E-state index >= 15 is 0 Å². The standard InChI is InChI=1S/C21H21ClN4OS/c22-17-7-2-1-5-15(17)13-23-21(27)16-6-3-11-26(14-16)20-10-9-18(24-25-20)19-8-4-12-28-19/h1-2,4-5,7-10,12,16H,3,6,11,13-14H2,(H,23,27). The summed E-state index contributed by atoms with van der Waals surface area (Å²) >= 11 is 7.82. The maximum absolute atomic E-state index is 12.7. The van der Waals surface area contributed by atoms with Gasteiger partial charge in [-0.1, -0.05) is 35.9 Å². The van der Waals surface area contributed by atoms with E-state index in [4.69, 9.17) is 11.6 Å². The molecule has 7 heteroatoms. The Labute approximate surface area is 173 Å². The van der Waals surface area contributed by atoms with Gasteiger partial charge in [-0.05, 0) is 48.1 Å². The second-order valence-corrected chi connectivity index (χ2v) is 8.20. The van der Waals surface area contributed by atoms with Crippen LogP contribution >= 0.6 is 22.9 Å². The molecule has 1 fully saturated rings. The highest BCUT2D eigenvalue weighted by Gasteiger charge is 2.26. The quantitative estimate of drug-likeness (QED) is 0.675. The largest absolute Gasteiger partial charge is 0.354 e. The van der Waals surface area contributed by atoms with Crippen LogP contribution in [0.1, 0.15) is 18.4 Å². The number of piperidine rings is 1. The Hall–Kier alpha value is -2.44. The fourth-order valence-electron chi connectivity index (χ4n) is 3.42. The summed E-state index contributed by atoms with van der Waals surface area (Å²) in [5.41, 5.74) is 1.81. The molecule has 0 radical (unpaired) electrons. The first-order valence-corrected chi connectivity index (χ1v) is 10.6. The predicted molar refractivity (Wildman–Crippen MR) is 114 cm³/mol. The van der Waals surface area contributed by atoms with Crippen molar-refractivity contribution in [3.8, 4) is 10.6 Å². The van der Waals surface area contributed by atoms with Crippen molar-refractivity contribution in [2.75, 3.05) is 18.0 Å². The van der Waals surface area contributed by atoms with Crippen LogP contribution in [-0.2, 0) is 11.3 Å². The number of anilines is 1. The summed E-state index contributed by atoms with van der Waals surface area (Å²) in [6, 6.07) is 15.6. The van der Waals surface area contributed by atoms with Crippen LogP contribution in [0.3, 0.4) is 0 Å². The minimum atomic E-state index is -0.0602. The van der Waals surface area contributed by atoms with Crippen LogP contribution in [0.15, 0.2) is 53.9 Å². The zero-order valence-corrected chi connectivity index (χ0v) is 16.9. The molecule has 0 aliphatic carbocycles. The van der Waals surface area contributed by atoms with Crippen LogP contribution in [-0.4, -0.2) is 29.2 Å². The Kier molecular flexibility index (Phi) is 5.88. The summed E-state index contributed by atoms with van der Waals surface area (Å²) in [4.78, 5) is 15.9. The third-order valence-electron chi connectivity index (χ3n) is 4.95. The number of carbonyl (C=O) groups excluding carboxylic acids is 1. The molecule has 1 unspecified atom stereocenters. The number of rotatable bonds is 5. The summed E-state index contributed by atoms with van der Waals surface area (Å²) in [6.45, 7) is 1.99. The maximum atomic E-state index is 12.7. The number of thiophene rings is 1. The van der Waals surface area contributed by atoms with Gasteiger partial charge in [0.1, 0.15) is 5.69 Å². The average Bonchev–Trinajstić information content (AvgIpc) is 3.28. The molecule has 0 bridgehead atoms. The van der Waals surface area contributed by atoms with Gasteiger partial charge in [0.15, 0.2) is 5.82 Å². The predicted octanol–water partition coefficient (Wildman–Crippen LogP) is 4.39. The molecular formula is C21H21ClN4OS. The van der Waals surface area contributed by atoms with E-state index < -0.39 is 0 Å². The van der Waals surface area contributed by atoms with Crippen molar-refractivity contribution in [3.63, 3.8) is 0 Å². The van der Waals surface area contributed by atoms with Crippen LogP contribution in [0, 0.1) is 5.92 Å². The van der Waals surface area contributed by atoms with E-state index in [-0.39, 0.29) is 11.8 Å². The van der Waals surface area contributed by atoms with Gasteiger partial charge in [0, 0.05) is 24.7 Å². The van der Waals surface area contributed by atoms with Crippen molar-refractivity contribution in [2.45, 2.75) is 19.4 Å². The van der Waals surface area contributed by atoms with Crippen LogP contribution in [0.4, 0.5) is 5.82 Å². The SMILES string of the molecule is O=C(NCc1ccccc1Cl)C1CCCN(c2ccc(-c3cccs3)nn2)C1. The minimum absolute atomic E-state index is 0.0602. The first kappa shape index (κ1) is 18.9. The van der Waals surface area contributed by atoms with Gasteiger partial charge < -0.3 is 10.2 Å². The molecule has 0 saturated carbocycles. The van der Waals surface area contributed by atoms with E-state index in [0.717, 1.165) is 41.3 Å². The molecule has 1 saturated heterocycles. The molecule has 1 aromatic carbocycles. The first-order valence-electron chi connectivity index (χ1n) is 9.34. The van der Waals surface area contributed by atoms with Crippen molar-refractivity contribution < 1.29 is 4.79 Å². The summed E-state index contributed by atoms with van der Waals surface area (Å²) in [5, 5.41) is 14.5. The molecule has 1 N–H and O–H groups in total. The lowest BCUT2D eigenvalue weighted by molar-refractivity contribution is -0.125. The smallest absolute Gasteiger partial charge is 0.225 e. The van der Waals surface area contributed by atoms with Gasteiger partial charge in [-0.15, -0.1) is 21.5 Å². The van der Waals surface area contributed by atoms with Crippen molar-refractivity contribution in [1.29, 1.82) is 0 Å². The monoisotopic (exact) mass is 412 g/mol. The lowest BCUT2D eigenvalue weighted by Gasteiger charge is -2.32. The average molecular weight is 413 g/mol. The van der Waals surface area contributed by atoms with E-state index in [1.54, 1.807) is 11.3 Å². The van der Waals surface area contributed by atoms with Crippen LogP contribution < -0.4 is 10.2 Å². The normalized spacial score (nSPS) is 16.8. The Morgan fingerprint density at radius 3 is 2.82 bits per heavy atom. The van der Waals surface area contributed by atoms with Crippen molar-refractivity contribution in [1.82, 2.24) is 15.5 Å². The van der Waals surface area contributed by atoms with E-state index in [1.165, 1.54) is 0 Å². The van der Waals surface area contributed by atoms with Crippen molar-refractivity contribution in [3.05, 3.63) is 64.5 Å². The fourth-order valence-corrected chi connectivity index (χ4v) is 4.31. The van der Waals surface area contributed by atoms with Gasteiger partial charge in [-0.3, -0.25) is 4.79 Å². The van der Waals surface area contributed by atoms with Gasteiger partial charge in [-0.2, -0.15) is 0 Å². The van der Waals surface area contributed by atoms with Crippen molar-refractivity contribution >= 4 is 34.7 Å². The molecule has 1 amide bonds. The summed E-state index contributed by atoms with van der Waals surface area (Å²) in [5.74, 6) is 0.826. The number of nitrogens with zero attached hydrogens (tertiary/aromatic N) is 3. The van der Waals surface area contributed by atoms with E-state index in [0.29, 0.717) is 18.1 Å². The van der Waals surface area contributed by atoms with Crippen LogP contribution in [0.5, 0.6) is 0 Å². The number of benzene rings is 1. The minimum Gasteiger partial charge on any atom is -0.354 e. The third kappa shape index (κ3) is 4.34. The summed E-state index contributed by atoms with van der Waals surface area (Å²) < 4.78 is 0. The highest BCUT2D eigenvalue weighted by atomic mass is 35.5. The van der Waals surface area contributed by atoms with Gasteiger partial charge >= 0.3 is 0 Å². The molecule has 5 nitrogen and oxygen atoms in total. The van der Waals surface area contributed by atoms with Gasteiger partial charge in [0.05, 0.1) is 10.8 Å². The molecule has 3 aromatic rings. The number of nitrogens with one attached hydrogen (secondary N) is 1. The number of amides is 1. The number of carbonyl (C=O) groups is 1. The molecule has 4 rings (SSSR count). The molecule has 28 heavy (non-hydrogen) atoms. The molecule has 3 heterocycles. The highest BCUT2D eigenvalue weighted by molar-refractivity contribution is 7.13. The topological polar surface area (TPSA) is 58.1 Å². The Morgan fingerprint density at radius 2 is 2.07 bits per heavy atom. The lowest BCUT2D eigenvalue weighted by Crippen LogP contribution is -2.43. The Bertz CT molecular complexity index is 930. The lowest BCUT2D eigenvalue weighted by atomic mass is 9.97. The second kappa shape index (κ2) is 8.71. The van der Waals surface area contributed by atoms with Gasteiger partial charge in [0.25, 0.3) is 0 Å². The number of halogens is 1. The van der Waals surface area contributed by atoms with E-state index in [2.05, 4.69) is 20.4 Å². The van der Waals surface area contributed by atoms with E-state index in [9.17, 15) is 4.79 Å². The fraction of sp³-hybridized carbons (Fsp3) is 0.286. The van der Waals surface area contributed by atoms with E-state index in [1.807, 2.05) is 53.9 Å². The zero-order chi connectivity index (χ0) is 19.3. The summed E-state index contributed by atoms with van der Waals surface area (Å²) in [6.07, 6.45) is 1.84. The zero-order valence-electron chi connectivity index (χ0n) is 15.3. The number of aromatic nitrogens is 2. The second-order valence-electron chi connectivity index (χ2n) is 6.85. The molecule has 1 aliphatic heterocycles. The highest BCUT2D eigenvalue weighted by Crippen LogP contribution is 2.25. The number of hydrogen-bond donors (Lipinski definition) is 1. The van der Waals surface area contributed by atoms with Crippen LogP contribution in [0.25, 0.3) is 10.6 Å². The molecular weight excluding hydrogens is 392 g/mol. The van der Waals surface area contributed by atoms with Crippen molar-refractivity contribution in [2.24, 2.45) is 5.92 Å².